The minimum absolute atomic E-state index is 0.273. The Morgan fingerprint density at radius 3 is 2.61 bits per heavy atom. The molecule has 1 amide bonds. The van der Waals surface area contributed by atoms with Gasteiger partial charge in [0.1, 0.15) is 5.82 Å². The van der Waals surface area contributed by atoms with Gasteiger partial charge in [0.15, 0.2) is 0 Å². The van der Waals surface area contributed by atoms with Crippen LogP contribution in [0, 0.1) is 5.82 Å². The summed E-state index contributed by atoms with van der Waals surface area (Å²) in [7, 11) is 0. The Kier molecular flexibility index (Phi) is 5.01. The quantitative estimate of drug-likeness (QED) is 0.679. The Morgan fingerprint density at radius 2 is 2.06 bits per heavy atom. The van der Waals surface area contributed by atoms with Crippen LogP contribution in [0.4, 0.5) is 17.6 Å². The van der Waals surface area contributed by atoms with Crippen LogP contribution in [0.3, 0.4) is 0 Å². The lowest BCUT2D eigenvalue weighted by Crippen LogP contribution is -2.27. The number of thioether (sulfide) groups is 1. The number of halogens is 4. The van der Waals surface area contributed by atoms with Crippen LogP contribution in [0.25, 0.3) is 0 Å². The lowest BCUT2D eigenvalue weighted by atomic mass is 10.1. The smallest absolute Gasteiger partial charge is 0.351 e. The van der Waals surface area contributed by atoms with E-state index in [2.05, 4.69) is 5.32 Å². The van der Waals surface area contributed by atoms with E-state index in [4.69, 9.17) is 0 Å². The molecule has 100 valence electrons. The number of carbonyl (C=O) groups excluding carboxylic acids is 1. The number of hydrogen-bond donors (Lipinski definition) is 1. The second-order valence-corrected chi connectivity index (χ2v) is 4.43. The average molecular weight is 281 g/mol. The van der Waals surface area contributed by atoms with Gasteiger partial charge in [-0.25, -0.2) is 4.39 Å². The van der Waals surface area contributed by atoms with Crippen LogP contribution < -0.4 is 5.32 Å². The maximum absolute atomic E-state index is 13.3. The topological polar surface area (TPSA) is 29.1 Å². The number of carbonyl (C=O) groups is 1. The molecule has 1 aromatic rings. The molecule has 1 aromatic carbocycles. The van der Waals surface area contributed by atoms with Crippen LogP contribution in [-0.2, 0) is 6.18 Å². The van der Waals surface area contributed by atoms with E-state index in [1.807, 2.05) is 6.26 Å². The van der Waals surface area contributed by atoms with E-state index in [0.717, 1.165) is 0 Å². The van der Waals surface area contributed by atoms with E-state index in [1.165, 1.54) is 11.8 Å². The molecule has 0 aliphatic carbocycles. The molecule has 0 heterocycles. The molecule has 0 bridgehead atoms. The highest BCUT2D eigenvalue weighted by Gasteiger charge is 2.31. The number of amides is 1. The normalized spacial score (nSPS) is 11.4. The van der Waals surface area contributed by atoms with Gasteiger partial charge >= 0.3 is 6.18 Å². The standard InChI is InChI=1S/C11H11F4NOS/c1-18-5-4-16-10(17)8-6-7(11(13,14)15)2-3-9(8)12/h2-3,6H,4-5H2,1H3,(H,16,17). The van der Waals surface area contributed by atoms with Gasteiger partial charge in [-0.05, 0) is 24.5 Å². The van der Waals surface area contributed by atoms with E-state index in [1.54, 1.807) is 0 Å². The van der Waals surface area contributed by atoms with E-state index >= 15 is 0 Å². The Hall–Kier alpha value is -1.24. The van der Waals surface area contributed by atoms with Crippen LogP contribution in [0.5, 0.6) is 0 Å². The van der Waals surface area contributed by atoms with Crippen molar-refractivity contribution in [2.45, 2.75) is 6.18 Å². The van der Waals surface area contributed by atoms with Crippen molar-refractivity contribution in [1.29, 1.82) is 0 Å². The maximum Gasteiger partial charge on any atom is 0.416 e. The minimum Gasteiger partial charge on any atom is -0.351 e. The van der Waals surface area contributed by atoms with Gasteiger partial charge in [-0.1, -0.05) is 0 Å². The zero-order valence-corrected chi connectivity index (χ0v) is 10.3. The molecule has 0 fully saturated rings. The number of benzene rings is 1. The summed E-state index contributed by atoms with van der Waals surface area (Å²) in [6.45, 7) is 0.273. The summed E-state index contributed by atoms with van der Waals surface area (Å²) in [5.41, 5.74) is -1.63. The largest absolute Gasteiger partial charge is 0.416 e. The molecular formula is C11H11F4NOS. The number of hydrogen-bond acceptors (Lipinski definition) is 2. The van der Waals surface area contributed by atoms with Gasteiger partial charge in [-0.3, -0.25) is 4.79 Å². The minimum atomic E-state index is -4.60. The molecule has 0 spiro atoms. The van der Waals surface area contributed by atoms with Crippen LogP contribution in [0.2, 0.25) is 0 Å². The Labute approximate surface area is 106 Å². The third kappa shape index (κ3) is 3.90. The molecule has 18 heavy (non-hydrogen) atoms. The molecule has 1 rings (SSSR count). The summed E-state index contributed by atoms with van der Waals surface area (Å²) >= 11 is 1.46. The first-order valence-electron chi connectivity index (χ1n) is 5.00. The molecule has 0 unspecified atom stereocenters. The number of nitrogens with one attached hydrogen (secondary N) is 1. The fraction of sp³-hybridized carbons (Fsp3) is 0.364. The van der Waals surface area contributed by atoms with Crippen molar-refractivity contribution in [1.82, 2.24) is 5.32 Å². The maximum atomic E-state index is 13.3. The first kappa shape index (κ1) is 14.8. The van der Waals surface area contributed by atoms with Crippen molar-refractivity contribution in [2.75, 3.05) is 18.6 Å². The van der Waals surface area contributed by atoms with Crippen molar-refractivity contribution in [3.05, 3.63) is 35.1 Å². The van der Waals surface area contributed by atoms with Crippen molar-refractivity contribution in [3.8, 4) is 0 Å². The fourth-order valence-electron chi connectivity index (χ4n) is 1.24. The summed E-state index contributed by atoms with van der Waals surface area (Å²) in [5.74, 6) is -1.20. The SMILES string of the molecule is CSCCNC(=O)c1cc(C(F)(F)F)ccc1F. The van der Waals surface area contributed by atoms with Gasteiger partial charge in [-0.15, -0.1) is 0 Å². The zero-order chi connectivity index (χ0) is 13.8. The molecule has 0 radical (unpaired) electrons. The second-order valence-electron chi connectivity index (χ2n) is 3.44. The average Bonchev–Trinajstić information content (AvgIpc) is 2.28. The molecule has 0 atom stereocenters. The highest BCUT2D eigenvalue weighted by Crippen LogP contribution is 2.30. The van der Waals surface area contributed by atoms with Crippen LogP contribution in [0.15, 0.2) is 18.2 Å². The van der Waals surface area contributed by atoms with Gasteiger partial charge in [-0.2, -0.15) is 24.9 Å². The number of alkyl halides is 3. The lowest BCUT2D eigenvalue weighted by molar-refractivity contribution is -0.137. The summed E-state index contributed by atoms with van der Waals surface area (Å²) < 4.78 is 50.5. The van der Waals surface area contributed by atoms with Crippen LogP contribution in [-0.4, -0.2) is 24.5 Å². The summed E-state index contributed by atoms with van der Waals surface area (Å²) in [6.07, 6.45) is -2.78. The van der Waals surface area contributed by atoms with Crippen LogP contribution in [0.1, 0.15) is 15.9 Å². The molecule has 7 heteroatoms. The molecular weight excluding hydrogens is 270 g/mol. The molecule has 0 aliphatic rings. The van der Waals surface area contributed by atoms with Gasteiger partial charge in [0.2, 0.25) is 0 Å². The summed E-state index contributed by atoms with van der Waals surface area (Å²) in [4.78, 5) is 11.5. The van der Waals surface area contributed by atoms with Crippen LogP contribution >= 0.6 is 11.8 Å². The lowest BCUT2D eigenvalue weighted by Gasteiger charge is -2.10. The molecule has 1 N–H and O–H groups in total. The van der Waals surface area contributed by atoms with Gasteiger partial charge in [0.05, 0.1) is 11.1 Å². The van der Waals surface area contributed by atoms with Crippen molar-refractivity contribution < 1.29 is 22.4 Å². The van der Waals surface area contributed by atoms with E-state index in [0.29, 0.717) is 24.0 Å². The molecule has 0 saturated carbocycles. The van der Waals surface area contributed by atoms with E-state index < -0.39 is 29.0 Å². The highest BCUT2D eigenvalue weighted by molar-refractivity contribution is 7.98. The second kappa shape index (κ2) is 6.08. The van der Waals surface area contributed by atoms with Crippen molar-refractivity contribution in [3.63, 3.8) is 0 Å². The molecule has 0 saturated heterocycles. The fourth-order valence-corrected chi connectivity index (χ4v) is 1.54. The van der Waals surface area contributed by atoms with Gasteiger partial charge < -0.3 is 5.32 Å². The van der Waals surface area contributed by atoms with E-state index in [9.17, 15) is 22.4 Å². The number of rotatable bonds is 4. The monoisotopic (exact) mass is 281 g/mol. The molecule has 0 aromatic heterocycles. The highest BCUT2D eigenvalue weighted by atomic mass is 32.2. The van der Waals surface area contributed by atoms with E-state index in [-0.39, 0.29) is 6.54 Å². The van der Waals surface area contributed by atoms with Gasteiger partial charge in [0.25, 0.3) is 5.91 Å². The molecule has 0 aliphatic heterocycles. The third-order valence-electron chi connectivity index (χ3n) is 2.13. The zero-order valence-electron chi connectivity index (χ0n) is 9.47. The molecule has 2 nitrogen and oxygen atoms in total. The predicted octanol–water partition coefficient (Wildman–Crippen LogP) is 2.94. The Morgan fingerprint density at radius 1 is 1.39 bits per heavy atom. The first-order valence-corrected chi connectivity index (χ1v) is 6.39. The predicted molar refractivity (Wildman–Crippen MR) is 62.1 cm³/mol. The summed E-state index contributed by atoms with van der Waals surface area (Å²) in [5, 5.41) is 2.35. The Balaban J connectivity index is 2.90. The summed E-state index contributed by atoms with van der Waals surface area (Å²) in [6, 6.07) is 1.77. The van der Waals surface area contributed by atoms with Crippen molar-refractivity contribution in [2.24, 2.45) is 0 Å². The third-order valence-corrected chi connectivity index (χ3v) is 2.74. The first-order chi connectivity index (χ1) is 8.36. The van der Waals surface area contributed by atoms with Gasteiger partial charge in [0, 0.05) is 12.3 Å². The van der Waals surface area contributed by atoms with Crippen molar-refractivity contribution >= 4 is 17.7 Å². The Bertz CT molecular complexity index is 434.